The number of ether oxygens (including phenoxy) is 4. The fourth-order valence-electron chi connectivity index (χ4n) is 10.8. The Balaban J connectivity index is 5.13. The Bertz CT molecular complexity index is 1800. The minimum Gasteiger partial charge on any atom is -0.462 e. The van der Waals surface area contributed by atoms with Crippen LogP contribution >= 0.6 is 15.6 Å². The highest BCUT2D eigenvalue weighted by Crippen LogP contribution is 2.45. The highest BCUT2D eigenvalue weighted by Gasteiger charge is 2.30. The molecular weight excluding hydrogens is 1200 g/mol. The number of phosphoric ester groups is 2. The summed E-state index contributed by atoms with van der Waals surface area (Å²) in [6.07, 6.45) is 44.9. The summed E-state index contributed by atoms with van der Waals surface area (Å²) < 4.78 is 68.2. The minimum absolute atomic E-state index is 0.102. The lowest BCUT2D eigenvalue weighted by Gasteiger charge is -2.21. The number of rotatable bonds is 69. The van der Waals surface area contributed by atoms with Crippen LogP contribution in [0.15, 0.2) is 0 Å². The van der Waals surface area contributed by atoms with Crippen molar-refractivity contribution >= 4 is 39.5 Å². The molecule has 0 spiro atoms. The Morgan fingerprint density at radius 2 is 0.527 bits per heavy atom. The number of aliphatic hydroxyl groups excluding tert-OH is 1. The summed E-state index contributed by atoms with van der Waals surface area (Å²) >= 11 is 0. The van der Waals surface area contributed by atoms with Crippen molar-refractivity contribution in [3.05, 3.63) is 0 Å². The molecular formula is C72H140O17P2. The first kappa shape index (κ1) is 89.1. The molecule has 0 heterocycles. The first-order chi connectivity index (χ1) is 43.7. The van der Waals surface area contributed by atoms with Crippen LogP contribution in [0.4, 0.5) is 0 Å². The Morgan fingerprint density at radius 1 is 0.308 bits per heavy atom. The van der Waals surface area contributed by atoms with E-state index in [0.717, 1.165) is 115 Å². The highest BCUT2D eigenvalue weighted by atomic mass is 31.2. The van der Waals surface area contributed by atoms with Crippen LogP contribution in [0.2, 0.25) is 0 Å². The van der Waals surface area contributed by atoms with E-state index < -0.39 is 97.5 Å². The molecule has 0 aliphatic carbocycles. The zero-order chi connectivity index (χ0) is 67.5. The van der Waals surface area contributed by atoms with Gasteiger partial charge in [0.25, 0.3) is 0 Å². The monoisotopic (exact) mass is 1340 g/mol. The molecule has 0 amide bonds. The van der Waals surface area contributed by atoms with Crippen LogP contribution in [-0.4, -0.2) is 96.7 Å². The zero-order valence-corrected chi connectivity index (χ0v) is 61.3. The number of carbonyl (C=O) groups excluding carboxylic acids is 4. The molecule has 4 unspecified atom stereocenters. The fraction of sp³-hybridized carbons (Fsp3) is 0.944. The van der Waals surface area contributed by atoms with Crippen molar-refractivity contribution in [1.29, 1.82) is 0 Å². The van der Waals surface area contributed by atoms with E-state index >= 15 is 0 Å². The number of unbranched alkanes of at least 4 members (excludes halogenated alkanes) is 33. The minimum atomic E-state index is -4.95. The number of hydrogen-bond donors (Lipinski definition) is 3. The predicted octanol–water partition coefficient (Wildman–Crippen LogP) is 20.5. The van der Waals surface area contributed by atoms with Crippen LogP contribution in [0.5, 0.6) is 0 Å². The molecule has 0 aromatic carbocycles. The lowest BCUT2D eigenvalue weighted by Crippen LogP contribution is -2.30. The lowest BCUT2D eigenvalue weighted by atomic mass is 9.99. The van der Waals surface area contributed by atoms with E-state index in [1.165, 1.54) is 148 Å². The number of aliphatic hydroxyl groups is 1. The molecule has 19 heteroatoms. The second kappa shape index (κ2) is 61.6. The average molecular weight is 1340 g/mol. The molecule has 7 atom stereocenters. The highest BCUT2D eigenvalue weighted by molar-refractivity contribution is 7.47. The van der Waals surface area contributed by atoms with E-state index in [1.54, 1.807) is 0 Å². The van der Waals surface area contributed by atoms with Gasteiger partial charge in [-0.25, -0.2) is 9.13 Å². The van der Waals surface area contributed by atoms with E-state index in [2.05, 4.69) is 55.4 Å². The van der Waals surface area contributed by atoms with Gasteiger partial charge in [0.1, 0.15) is 19.3 Å². The van der Waals surface area contributed by atoms with Gasteiger partial charge in [0.15, 0.2) is 12.2 Å². The molecule has 0 saturated carbocycles. The maximum absolute atomic E-state index is 13.0. The first-order valence-corrected chi connectivity index (χ1v) is 40.3. The van der Waals surface area contributed by atoms with Crippen LogP contribution in [0.1, 0.15) is 357 Å². The van der Waals surface area contributed by atoms with Gasteiger partial charge in [-0.3, -0.25) is 37.3 Å². The van der Waals surface area contributed by atoms with Gasteiger partial charge >= 0.3 is 39.5 Å². The quantitative estimate of drug-likeness (QED) is 0.0222. The summed E-state index contributed by atoms with van der Waals surface area (Å²) in [5, 5.41) is 10.6. The van der Waals surface area contributed by atoms with Gasteiger partial charge < -0.3 is 33.8 Å². The van der Waals surface area contributed by atoms with Gasteiger partial charge in [0, 0.05) is 25.7 Å². The molecule has 0 rings (SSSR count). The van der Waals surface area contributed by atoms with Crippen LogP contribution in [0.3, 0.4) is 0 Å². The van der Waals surface area contributed by atoms with Crippen molar-refractivity contribution in [2.45, 2.75) is 375 Å². The molecule has 0 bridgehead atoms. The lowest BCUT2D eigenvalue weighted by molar-refractivity contribution is -0.161. The van der Waals surface area contributed by atoms with Gasteiger partial charge in [0.2, 0.25) is 0 Å². The Kier molecular flexibility index (Phi) is 60.3. The van der Waals surface area contributed by atoms with Crippen LogP contribution < -0.4 is 0 Å². The summed E-state index contributed by atoms with van der Waals surface area (Å²) in [6.45, 7) is 14.0. The van der Waals surface area contributed by atoms with E-state index in [9.17, 15) is 43.2 Å². The van der Waals surface area contributed by atoms with Crippen molar-refractivity contribution in [2.75, 3.05) is 39.6 Å². The van der Waals surface area contributed by atoms with Gasteiger partial charge in [-0.05, 0) is 49.4 Å². The van der Waals surface area contributed by atoms with Crippen molar-refractivity contribution in [3.63, 3.8) is 0 Å². The maximum Gasteiger partial charge on any atom is 0.472 e. The average Bonchev–Trinajstić information content (AvgIpc) is 2.15. The van der Waals surface area contributed by atoms with Crippen molar-refractivity contribution in [2.24, 2.45) is 23.7 Å². The van der Waals surface area contributed by atoms with Gasteiger partial charge in [-0.1, -0.05) is 306 Å². The second-order valence-electron chi connectivity index (χ2n) is 27.4. The van der Waals surface area contributed by atoms with Gasteiger partial charge in [-0.2, -0.15) is 0 Å². The molecule has 0 aliphatic rings. The van der Waals surface area contributed by atoms with Crippen LogP contribution in [0.25, 0.3) is 0 Å². The molecule has 0 aliphatic heterocycles. The number of esters is 4. The standard InChI is InChI=1S/C72H140O17P2/c1-9-64(7)50-42-34-25-21-19-17-15-13-11-12-14-16-18-20-22-26-38-46-54-71(76)88-67(58-82-69(74)52-44-36-30-28-33-41-49-63(5)6)60-86-90(78,79)84-56-66(73)57-85-91(80,81)87-61-68(89-72(77)55-47-39-27-23-24-32-40-48-62(3)4)59-83-70(75)53-45-37-31-29-35-43-51-65(8)10-2/h62-68,73H,9-61H2,1-8H3,(H,78,79)(H,80,81)/t64?,65?,66-,67+,68+/m0/s1. The zero-order valence-electron chi connectivity index (χ0n) is 59.5. The third kappa shape index (κ3) is 63.9. The van der Waals surface area contributed by atoms with E-state index in [-0.39, 0.29) is 25.7 Å². The number of phosphoric acid groups is 2. The summed E-state index contributed by atoms with van der Waals surface area (Å²) in [5.74, 6) is 0.843. The fourth-order valence-corrected chi connectivity index (χ4v) is 12.4. The summed E-state index contributed by atoms with van der Waals surface area (Å²) in [6, 6.07) is 0. The van der Waals surface area contributed by atoms with Crippen molar-refractivity contribution < 1.29 is 80.2 Å². The maximum atomic E-state index is 13.0. The molecule has 0 fully saturated rings. The summed E-state index contributed by atoms with van der Waals surface area (Å²) in [5.41, 5.74) is 0. The van der Waals surface area contributed by atoms with E-state index in [4.69, 9.17) is 37.0 Å². The molecule has 91 heavy (non-hydrogen) atoms. The third-order valence-corrected chi connectivity index (χ3v) is 19.2. The number of carbonyl (C=O) groups is 4. The molecule has 0 radical (unpaired) electrons. The van der Waals surface area contributed by atoms with Crippen molar-refractivity contribution in [3.8, 4) is 0 Å². The smallest absolute Gasteiger partial charge is 0.462 e. The molecule has 3 N–H and O–H groups in total. The second-order valence-corrected chi connectivity index (χ2v) is 30.3. The number of hydrogen-bond acceptors (Lipinski definition) is 15. The summed E-state index contributed by atoms with van der Waals surface area (Å²) in [4.78, 5) is 72.5. The third-order valence-electron chi connectivity index (χ3n) is 17.3. The first-order valence-electron chi connectivity index (χ1n) is 37.3. The van der Waals surface area contributed by atoms with Crippen LogP contribution in [0, 0.1) is 23.7 Å². The molecule has 17 nitrogen and oxygen atoms in total. The molecule has 0 aromatic heterocycles. The van der Waals surface area contributed by atoms with Crippen molar-refractivity contribution in [1.82, 2.24) is 0 Å². The molecule has 0 saturated heterocycles. The van der Waals surface area contributed by atoms with E-state index in [0.29, 0.717) is 37.5 Å². The molecule has 540 valence electrons. The SMILES string of the molecule is CCC(C)CCCCCCCCCCCCCCCCCCCCC(=O)O[C@H](COC(=O)CCCCCCCCC(C)C)COP(=O)(O)OC[C@H](O)COP(=O)(O)OC[C@@H](COC(=O)CCCCCCCCC(C)CC)OC(=O)CCCCCCCCCC(C)C. The predicted molar refractivity (Wildman–Crippen MR) is 367 cm³/mol. The van der Waals surface area contributed by atoms with Crippen LogP contribution in [-0.2, 0) is 65.4 Å². The Morgan fingerprint density at radius 3 is 0.780 bits per heavy atom. The normalized spacial score (nSPS) is 14.8. The van der Waals surface area contributed by atoms with Gasteiger partial charge in [-0.15, -0.1) is 0 Å². The largest absolute Gasteiger partial charge is 0.472 e. The molecule has 0 aromatic rings. The summed E-state index contributed by atoms with van der Waals surface area (Å²) in [7, 11) is -9.90. The van der Waals surface area contributed by atoms with E-state index in [1.807, 2.05) is 0 Å². The Hall–Kier alpha value is -1.94. The topological polar surface area (TPSA) is 237 Å². The van der Waals surface area contributed by atoms with Gasteiger partial charge in [0.05, 0.1) is 26.4 Å². The Labute approximate surface area is 556 Å².